The summed E-state index contributed by atoms with van der Waals surface area (Å²) in [7, 11) is 0. The van der Waals surface area contributed by atoms with Crippen LogP contribution >= 0.6 is 11.8 Å². The Morgan fingerprint density at radius 1 is 1.19 bits per heavy atom. The molecular weight excluding hydrogens is 276 g/mol. The topological polar surface area (TPSA) is 28.7 Å². The van der Waals surface area contributed by atoms with Crippen LogP contribution in [0.25, 0.3) is 21.5 Å². The fraction of sp³-hybridized carbons (Fsp3) is 0.0556. The zero-order valence-corrected chi connectivity index (χ0v) is 12.7. The van der Waals surface area contributed by atoms with Crippen molar-refractivity contribution in [3.63, 3.8) is 0 Å². The van der Waals surface area contributed by atoms with Crippen LogP contribution in [0, 0.1) is 0 Å². The molecule has 0 atom stereocenters. The molecular formula is C18H16N2S. The summed E-state index contributed by atoms with van der Waals surface area (Å²) in [6.45, 7) is 6.30. The first kappa shape index (κ1) is 13.7. The third kappa shape index (κ3) is 2.93. The van der Waals surface area contributed by atoms with E-state index in [-0.39, 0.29) is 0 Å². The van der Waals surface area contributed by atoms with Crippen LogP contribution in [0.4, 0.5) is 0 Å². The first-order valence-corrected chi connectivity index (χ1v) is 7.64. The first-order chi connectivity index (χ1) is 10.3. The number of nitrogens with zero attached hydrogens (tertiary/aromatic N) is 1. The van der Waals surface area contributed by atoms with Crippen LogP contribution in [0.15, 0.2) is 66.8 Å². The smallest absolute Gasteiger partial charge is 0.137 e. The van der Waals surface area contributed by atoms with Gasteiger partial charge in [0.2, 0.25) is 0 Å². The average Bonchev–Trinajstić information content (AvgIpc) is 2.97. The molecule has 0 aliphatic rings. The summed E-state index contributed by atoms with van der Waals surface area (Å²) in [5.74, 6) is 0. The number of allylic oxidation sites excluding steroid dienone is 1. The van der Waals surface area contributed by atoms with E-state index in [1.54, 1.807) is 18.0 Å². The Kier molecular flexibility index (Phi) is 3.93. The van der Waals surface area contributed by atoms with Gasteiger partial charge in [0.05, 0.1) is 0 Å². The number of hydrogen-bond acceptors (Lipinski definition) is 2. The standard InChI is InChI=1S/C18H16N2S/c1-13(15-7-4-3-5-8-15)12-21-14(2)17-11-20-18-16(17)9-6-10-19-18/h3-12H,2H2,1H3,(H,19,20)/b13-12+. The number of rotatable bonds is 4. The molecule has 2 nitrogen and oxygen atoms in total. The lowest BCUT2D eigenvalue weighted by Crippen LogP contribution is -1.78. The van der Waals surface area contributed by atoms with Gasteiger partial charge in [-0.05, 0) is 35.6 Å². The van der Waals surface area contributed by atoms with Crippen molar-refractivity contribution in [3.8, 4) is 0 Å². The Morgan fingerprint density at radius 2 is 2.00 bits per heavy atom. The van der Waals surface area contributed by atoms with Crippen LogP contribution in [0.3, 0.4) is 0 Å². The summed E-state index contributed by atoms with van der Waals surface area (Å²) in [6, 6.07) is 14.4. The molecule has 0 unspecified atom stereocenters. The molecule has 0 bridgehead atoms. The Labute approximate surface area is 128 Å². The maximum Gasteiger partial charge on any atom is 0.137 e. The van der Waals surface area contributed by atoms with Gasteiger partial charge in [0.1, 0.15) is 5.65 Å². The van der Waals surface area contributed by atoms with Gasteiger partial charge < -0.3 is 4.98 Å². The van der Waals surface area contributed by atoms with E-state index in [1.807, 2.05) is 18.3 Å². The maximum absolute atomic E-state index is 4.31. The number of aromatic nitrogens is 2. The Bertz CT molecular complexity index is 800. The largest absolute Gasteiger partial charge is 0.345 e. The Morgan fingerprint density at radius 3 is 2.81 bits per heavy atom. The molecule has 1 aromatic carbocycles. The summed E-state index contributed by atoms with van der Waals surface area (Å²) < 4.78 is 0. The fourth-order valence-corrected chi connectivity index (χ4v) is 2.93. The van der Waals surface area contributed by atoms with E-state index in [9.17, 15) is 0 Å². The number of pyridine rings is 1. The van der Waals surface area contributed by atoms with E-state index in [2.05, 4.69) is 59.2 Å². The van der Waals surface area contributed by atoms with Gasteiger partial charge >= 0.3 is 0 Å². The molecule has 0 fully saturated rings. The second-order valence-corrected chi connectivity index (χ2v) is 5.77. The molecule has 2 heterocycles. The van der Waals surface area contributed by atoms with Crippen molar-refractivity contribution in [2.75, 3.05) is 0 Å². The summed E-state index contributed by atoms with van der Waals surface area (Å²) in [5.41, 5.74) is 4.48. The highest BCUT2D eigenvalue weighted by Crippen LogP contribution is 2.33. The normalized spacial score (nSPS) is 11.8. The molecule has 104 valence electrons. The van der Waals surface area contributed by atoms with Crippen LogP contribution < -0.4 is 0 Å². The van der Waals surface area contributed by atoms with Gasteiger partial charge in [0, 0.05) is 28.2 Å². The van der Waals surface area contributed by atoms with E-state index in [4.69, 9.17) is 0 Å². The zero-order valence-electron chi connectivity index (χ0n) is 11.8. The second kappa shape index (κ2) is 6.02. The number of hydrogen-bond donors (Lipinski definition) is 1. The summed E-state index contributed by atoms with van der Waals surface area (Å²) in [4.78, 5) is 8.51. The molecule has 0 spiro atoms. The highest BCUT2D eigenvalue weighted by molar-refractivity contribution is 8.11. The van der Waals surface area contributed by atoms with Crippen LogP contribution in [0.1, 0.15) is 18.1 Å². The zero-order chi connectivity index (χ0) is 14.7. The molecule has 0 radical (unpaired) electrons. The SMILES string of the molecule is C=C(S/C=C(\C)c1ccccc1)c1c[nH]c2ncccc12. The maximum atomic E-state index is 4.31. The average molecular weight is 292 g/mol. The minimum atomic E-state index is 0.901. The molecule has 3 rings (SSSR count). The molecule has 21 heavy (non-hydrogen) atoms. The highest BCUT2D eigenvalue weighted by Gasteiger charge is 2.07. The fourth-order valence-electron chi connectivity index (χ4n) is 2.18. The molecule has 2 aromatic heterocycles. The van der Waals surface area contributed by atoms with E-state index in [0.29, 0.717) is 0 Å². The van der Waals surface area contributed by atoms with Crippen molar-refractivity contribution in [1.29, 1.82) is 0 Å². The van der Waals surface area contributed by atoms with Gasteiger partial charge in [-0.3, -0.25) is 0 Å². The predicted octanol–water partition coefficient (Wildman–Crippen LogP) is 5.33. The number of benzene rings is 1. The van der Waals surface area contributed by atoms with Crippen LogP contribution in [-0.4, -0.2) is 9.97 Å². The Hall–Kier alpha value is -2.26. The van der Waals surface area contributed by atoms with Crippen molar-refractivity contribution in [2.45, 2.75) is 6.92 Å². The minimum absolute atomic E-state index is 0.901. The number of thioether (sulfide) groups is 1. The van der Waals surface area contributed by atoms with E-state index < -0.39 is 0 Å². The minimum Gasteiger partial charge on any atom is -0.345 e. The highest BCUT2D eigenvalue weighted by atomic mass is 32.2. The molecule has 0 saturated carbocycles. The van der Waals surface area contributed by atoms with Crippen LogP contribution in [-0.2, 0) is 0 Å². The van der Waals surface area contributed by atoms with E-state index >= 15 is 0 Å². The van der Waals surface area contributed by atoms with Gasteiger partial charge in [0.25, 0.3) is 0 Å². The lowest BCUT2D eigenvalue weighted by molar-refractivity contribution is 1.33. The quantitative estimate of drug-likeness (QED) is 0.704. The number of aromatic amines is 1. The van der Waals surface area contributed by atoms with E-state index in [0.717, 1.165) is 21.5 Å². The summed E-state index contributed by atoms with van der Waals surface area (Å²) >= 11 is 1.65. The number of fused-ring (bicyclic) bond motifs is 1. The van der Waals surface area contributed by atoms with Crippen molar-refractivity contribution in [2.24, 2.45) is 0 Å². The van der Waals surface area contributed by atoms with Crippen molar-refractivity contribution >= 4 is 33.3 Å². The van der Waals surface area contributed by atoms with Crippen LogP contribution in [0.5, 0.6) is 0 Å². The lowest BCUT2D eigenvalue weighted by atomic mass is 10.1. The van der Waals surface area contributed by atoms with Gasteiger partial charge in [-0.2, -0.15) is 0 Å². The number of nitrogens with one attached hydrogen (secondary N) is 1. The van der Waals surface area contributed by atoms with Gasteiger partial charge in [0.15, 0.2) is 0 Å². The van der Waals surface area contributed by atoms with Gasteiger partial charge in [-0.25, -0.2) is 4.98 Å². The third-order valence-electron chi connectivity index (χ3n) is 3.36. The van der Waals surface area contributed by atoms with Crippen molar-refractivity contribution in [1.82, 2.24) is 9.97 Å². The molecule has 3 aromatic rings. The van der Waals surface area contributed by atoms with Crippen molar-refractivity contribution < 1.29 is 0 Å². The molecule has 1 N–H and O–H groups in total. The molecule has 3 heteroatoms. The first-order valence-electron chi connectivity index (χ1n) is 6.76. The predicted molar refractivity (Wildman–Crippen MR) is 92.8 cm³/mol. The Balaban J connectivity index is 1.81. The van der Waals surface area contributed by atoms with Crippen LogP contribution in [0.2, 0.25) is 0 Å². The molecule has 0 aliphatic heterocycles. The van der Waals surface area contributed by atoms with Crippen molar-refractivity contribution in [3.05, 3.63) is 78.0 Å². The monoisotopic (exact) mass is 292 g/mol. The lowest BCUT2D eigenvalue weighted by Gasteiger charge is -2.03. The molecule has 0 amide bonds. The molecule has 0 aliphatic carbocycles. The summed E-state index contributed by atoms with van der Waals surface area (Å²) in [6.07, 6.45) is 3.76. The number of H-pyrrole nitrogens is 1. The van der Waals surface area contributed by atoms with E-state index in [1.165, 1.54) is 11.1 Å². The molecule has 0 saturated heterocycles. The second-order valence-electron chi connectivity index (χ2n) is 4.81. The third-order valence-corrected chi connectivity index (χ3v) is 4.33. The van der Waals surface area contributed by atoms with Gasteiger partial charge in [-0.1, -0.05) is 48.7 Å². The summed E-state index contributed by atoms with van der Waals surface area (Å²) in [5, 5.41) is 3.26. The van der Waals surface area contributed by atoms with Gasteiger partial charge in [-0.15, -0.1) is 0 Å².